The number of carbonyl (C=O) groups excluding carboxylic acids is 1. The minimum absolute atomic E-state index is 0. The van der Waals surface area contributed by atoms with Gasteiger partial charge < -0.3 is 14.8 Å². The summed E-state index contributed by atoms with van der Waals surface area (Å²) < 4.78 is 0. The monoisotopic (exact) mass is 438 g/mol. The second kappa shape index (κ2) is 8.93. The number of aryl methyl sites for hydroxylation is 1. The first-order chi connectivity index (χ1) is 14.6. The van der Waals surface area contributed by atoms with E-state index in [0.29, 0.717) is 6.54 Å². The quantitative estimate of drug-likeness (QED) is 0.674. The summed E-state index contributed by atoms with van der Waals surface area (Å²) in [4.78, 5) is 23.4. The van der Waals surface area contributed by atoms with Crippen LogP contribution in [0.3, 0.4) is 0 Å². The molecule has 2 aliphatic rings. The van der Waals surface area contributed by atoms with Crippen LogP contribution in [0.1, 0.15) is 22.4 Å². The number of rotatable bonds is 3. The average Bonchev–Trinajstić information content (AvgIpc) is 3.14. The van der Waals surface area contributed by atoms with Gasteiger partial charge in [-0.1, -0.05) is 30.3 Å². The van der Waals surface area contributed by atoms with Crippen molar-refractivity contribution >= 4 is 34.9 Å². The van der Waals surface area contributed by atoms with Crippen molar-refractivity contribution in [1.29, 1.82) is 0 Å². The molecule has 1 aromatic heterocycles. The van der Waals surface area contributed by atoms with E-state index >= 15 is 0 Å². The number of aromatic nitrogens is 1. The Labute approximate surface area is 190 Å². The minimum Gasteiger partial charge on any atom is -0.369 e. The minimum atomic E-state index is 0. The predicted octanol–water partition coefficient (Wildman–Crippen LogP) is 3.91. The van der Waals surface area contributed by atoms with Crippen LogP contribution in [0.5, 0.6) is 0 Å². The Morgan fingerprint density at radius 1 is 0.968 bits per heavy atom. The number of amides is 1. The number of piperazine rings is 1. The highest BCUT2D eigenvalue weighted by atomic mass is 35.5. The molecule has 0 aliphatic carbocycles. The maximum absolute atomic E-state index is 13.0. The zero-order valence-corrected chi connectivity index (χ0v) is 19.2. The van der Waals surface area contributed by atoms with E-state index in [9.17, 15) is 4.79 Å². The second-order valence-electron chi connectivity index (χ2n) is 8.68. The van der Waals surface area contributed by atoms with Crippen LogP contribution in [-0.2, 0) is 17.8 Å². The van der Waals surface area contributed by atoms with E-state index in [2.05, 4.69) is 71.1 Å². The molecule has 1 N–H and O–H groups in total. The van der Waals surface area contributed by atoms with Crippen LogP contribution in [0, 0.1) is 13.8 Å². The topological polar surface area (TPSA) is 42.6 Å². The van der Waals surface area contributed by atoms with Crippen LogP contribution in [0.4, 0.5) is 5.69 Å². The molecule has 2 aliphatic heterocycles. The molecule has 3 heterocycles. The van der Waals surface area contributed by atoms with Gasteiger partial charge >= 0.3 is 0 Å². The van der Waals surface area contributed by atoms with E-state index in [-0.39, 0.29) is 18.3 Å². The summed E-state index contributed by atoms with van der Waals surface area (Å²) in [5, 5.41) is 1.26. The zero-order chi connectivity index (χ0) is 20.7. The number of nitrogens with zero attached hydrogens (tertiary/aromatic N) is 3. The summed E-state index contributed by atoms with van der Waals surface area (Å²) in [5.74, 6) is 0.256. The van der Waals surface area contributed by atoms with Crippen LogP contribution < -0.4 is 4.90 Å². The molecule has 5 nitrogen and oxygen atoms in total. The highest BCUT2D eigenvalue weighted by Gasteiger charge is 2.26. The van der Waals surface area contributed by atoms with Crippen molar-refractivity contribution in [2.45, 2.75) is 26.8 Å². The maximum atomic E-state index is 13.0. The molecule has 0 saturated carbocycles. The van der Waals surface area contributed by atoms with Gasteiger partial charge in [0.25, 0.3) is 0 Å². The van der Waals surface area contributed by atoms with Gasteiger partial charge in [-0.25, -0.2) is 0 Å². The summed E-state index contributed by atoms with van der Waals surface area (Å²) in [6, 6.07) is 14.9. The third-order valence-electron chi connectivity index (χ3n) is 6.88. The summed E-state index contributed by atoms with van der Waals surface area (Å²) in [5.41, 5.74) is 7.81. The van der Waals surface area contributed by atoms with Crippen LogP contribution in [0.15, 0.2) is 42.5 Å². The van der Waals surface area contributed by atoms with Crippen molar-refractivity contribution in [3.8, 4) is 0 Å². The van der Waals surface area contributed by atoms with Gasteiger partial charge in [0.1, 0.15) is 0 Å². The molecule has 2 aromatic carbocycles. The smallest absolute Gasteiger partial charge is 0.237 e. The van der Waals surface area contributed by atoms with Crippen LogP contribution in [0.2, 0.25) is 0 Å². The Bertz CT molecular complexity index is 1080. The first-order valence-corrected chi connectivity index (χ1v) is 11.0. The number of hydrogen-bond acceptors (Lipinski definition) is 3. The van der Waals surface area contributed by atoms with Gasteiger partial charge in [0, 0.05) is 73.5 Å². The SMILES string of the molecule is Cc1cccc(N2CCN(CC(=O)N3CCc4[nH]c5ccccc5c4C3)CC2)c1C.Cl. The van der Waals surface area contributed by atoms with Gasteiger partial charge in [-0.15, -0.1) is 12.4 Å². The highest BCUT2D eigenvalue weighted by Crippen LogP contribution is 2.28. The van der Waals surface area contributed by atoms with Crippen molar-refractivity contribution in [1.82, 2.24) is 14.8 Å². The molecular weight excluding hydrogens is 408 g/mol. The molecule has 3 aromatic rings. The number of H-pyrrole nitrogens is 1. The average molecular weight is 439 g/mol. The summed E-state index contributed by atoms with van der Waals surface area (Å²) >= 11 is 0. The van der Waals surface area contributed by atoms with E-state index in [4.69, 9.17) is 0 Å². The molecule has 0 spiro atoms. The number of halogens is 1. The first kappa shape index (κ1) is 21.7. The number of fused-ring (bicyclic) bond motifs is 3. The molecule has 164 valence electrons. The van der Waals surface area contributed by atoms with Gasteiger partial charge in [-0.05, 0) is 37.1 Å². The fraction of sp³-hybridized carbons (Fsp3) is 0.400. The van der Waals surface area contributed by atoms with Crippen LogP contribution in [-0.4, -0.2) is 60.0 Å². The Kier molecular flexibility index (Phi) is 6.26. The lowest BCUT2D eigenvalue weighted by molar-refractivity contribution is -0.133. The van der Waals surface area contributed by atoms with Crippen molar-refractivity contribution in [3.63, 3.8) is 0 Å². The molecule has 1 fully saturated rings. The largest absolute Gasteiger partial charge is 0.369 e. The number of nitrogens with one attached hydrogen (secondary N) is 1. The summed E-state index contributed by atoms with van der Waals surface area (Å²) in [6.07, 6.45) is 0.913. The third-order valence-corrected chi connectivity index (χ3v) is 6.88. The van der Waals surface area contributed by atoms with Crippen molar-refractivity contribution in [3.05, 3.63) is 64.8 Å². The number of benzene rings is 2. The normalized spacial score (nSPS) is 16.8. The lowest BCUT2D eigenvalue weighted by Crippen LogP contribution is -2.50. The molecule has 0 radical (unpaired) electrons. The molecule has 1 amide bonds. The summed E-state index contributed by atoms with van der Waals surface area (Å²) in [7, 11) is 0. The number of para-hydroxylation sites is 1. The second-order valence-corrected chi connectivity index (χ2v) is 8.68. The van der Waals surface area contributed by atoms with E-state index in [1.165, 1.54) is 39.0 Å². The lowest BCUT2D eigenvalue weighted by Gasteiger charge is -2.38. The molecule has 6 heteroatoms. The van der Waals surface area contributed by atoms with Gasteiger partial charge in [0.05, 0.1) is 6.54 Å². The van der Waals surface area contributed by atoms with E-state index in [0.717, 1.165) is 45.7 Å². The van der Waals surface area contributed by atoms with Crippen molar-refractivity contribution in [2.24, 2.45) is 0 Å². The molecule has 0 atom stereocenters. The molecule has 31 heavy (non-hydrogen) atoms. The summed E-state index contributed by atoms with van der Waals surface area (Å²) in [6.45, 7) is 10.3. The van der Waals surface area contributed by atoms with Gasteiger partial charge in [0.2, 0.25) is 5.91 Å². The molecule has 1 saturated heterocycles. The highest BCUT2D eigenvalue weighted by molar-refractivity contribution is 5.86. The fourth-order valence-corrected chi connectivity index (χ4v) is 4.90. The Morgan fingerprint density at radius 3 is 2.55 bits per heavy atom. The predicted molar refractivity (Wildman–Crippen MR) is 129 cm³/mol. The van der Waals surface area contributed by atoms with Gasteiger partial charge in [-0.3, -0.25) is 9.69 Å². The van der Waals surface area contributed by atoms with E-state index in [1.54, 1.807) is 0 Å². The Balaban J connectivity index is 0.00000231. The van der Waals surface area contributed by atoms with Gasteiger partial charge in [0.15, 0.2) is 0 Å². The zero-order valence-electron chi connectivity index (χ0n) is 18.4. The lowest BCUT2D eigenvalue weighted by atomic mass is 10.0. The Morgan fingerprint density at radius 2 is 1.74 bits per heavy atom. The van der Waals surface area contributed by atoms with E-state index in [1.807, 2.05) is 4.90 Å². The van der Waals surface area contributed by atoms with Crippen LogP contribution >= 0.6 is 12.4 Å². The van der Waals surface area contributed by atoms with Crippen molar-refractivity contribution in [2.75, 3.05) is 44.2 Å². The number of carbonyl (C=O) groups is 1. The number of aromatic amines is 1. The van der Waals surface area contributed by atoms with Crippen molar-refractivity contribution < 1.29 is 4.79 Å². The molecule has 0 unspecified atom stereocenters. The van der Waals surface area contributed by atoms with Gasteiger partial charge in [-0.2, -0.15) is 0 Å². The first-order valence-electron chi connectivity index (χ1n) is 11.0. The van der Waals surface area contributed by atoms with E-state index < -0.39 is 0 Å². The fourth-order valence-electron chi connectivity index (χ4n) is 4.90. The molecule has 5 rings (SSSR count). The maximum Gasteiger partial charge on any atom is 0.237 e. The Hall–Kier alpha value is -2.50. The molecular formula is C25H31ClN4O. The van der Waals surface area contributed by atoms with Crippen LogP contribution in [0.25, 0.3) is 10.9 Å². The molecule has 0 bridgehead atoms. The number of hydrogen-bond donors (Lipinski definition) is 1. The number of anilines is 1. The third kappa shape index (κ3) is 4.17. The standard InChI is InChI=1S/C25H30N4O.ClH/c1-18-6-5-9-24(19(18)2)28-14-12-27(13-15-28)17-25(30)29-11-10-23-21(16-29)20-7-3-4-8-22(20)26-23;/h3-9,26H,10-17H2,1-2H3;1H.